The predicted molar refractivity (Wildman–Crippen MR) is 130 cm³/mol. The number of para-hydroxylation sites is 1. The molecule has 1 N–H and O–H groups in total. The van der Waals surface area contributed by atoms with Gasteiger partial charge in [-0.05, 0) is 47.5 Å². The standard InChI is InChI=1S/C25H18BrClN2O4/c1-33-22-13-15(12-21(27)18(22)14-16-7-5-6-10-20(16)26)11-19-23(30)28-25(32)29(24(19)31)17-8-3-2-4-9-17/h2-13H,14H2,1H3,(H,28,30,32)/b19-11+. The Hall–Kier alpha value is -3.42. The second-order valence-corrected chi connectivity index (χ2v) is 8.51. The van der Waals surface area contributed by atoms with Gasteiger partial charge in [-0.2, -0.15) is 0 Å². The molecule has 1 saturated heterocycles. The molecule has 0 spiro atoms. The van der Waals surface area contributed by atoms with E-state index in [2.05, 4.69) is 21.2 Å². The lowest BCUT2D eigenvalue weighted by Gasteiger charge is -2.26. The molecule has 0 bridgehead atoms. The highest BCUT2D eigenvalue weighted by Crippen LogP contribution is 2.33. The number of methoxy groups -OCH3 is 1. The molecule has 33 heavy (non-hydrogen) atoms. The molecule has 6 nitrogen and oxygen atoms in total. The maximum atomic E-state index is 13.0. The number of nitrogens with zero attached hydrogens (tertiary/aromatic N) is 1. The average Bonchev–Trinajstić information content (AvgIpc) is 2.80. The highest BCUT2D eigenvalue weighted by Gasteiger charge is 2.36. The number of anilines is 1. The maximum absolute atomic E-state index is 13.0. The van der Waals surface area contributed by atoms with E-state index in [1.54, 1.807) is 42.5 Å². The summed E-state index contributed by atoms with van der Waals surface area (Å²) in [6, 6.07) is 18.7. The molecule has 1 aliphatic rings. The zero-order valence-corrected chi connectivity index (χ0v) is 19.8. The van der Waals surface area contributed by atoms with Gasteiger partial charge in [-0.1, -0.05) is 63.9 Å². The molecule has 0 aromatic heterocycles. The van der Waals surface area contributed by atoms with Crippen LogP contribution in [0.15, 0.2) is 76.8 Å². The summed E-state index contributed by atoms with van der Waals surface area (Å²) in [5.41, 5.74) is 2.47. The average molecular weight is 526 g/mol. The van der Waals surface area contributed by atoms with Gasteiger partial charge < -0.3 is 4.74 Å². The van der Waals surface area contributed by atoms with Crippen molar-refractivity contribution in [1.29, 1.82) is 0 Å². The van der Waals surface area contributed by atoms with Crippen molar-refractivity contribution in [3.05, 3.63) is 98.5 Å². The number of hydrogen-bond donors (Lipinski definition) is 1. The minimum atomic E-state index is -0.798. The van der Waals surface area contributed by atoms with E-state index in [1.807, 2.05) is 24.3 Å². The van der Waals surface area contributed by atoms with Crippen molar-refractivity contribution in [2.45, 2.75) is 6.42 Å². The number of barbiturate groups is 1. The van der Waals surface area contributed by atoms with Crippen LogP contribution in [0.1, 0.15) is 16.7 Å². The van der Waals surface area contributed by atoms with Crippen LogP contribution in [0.25, 0.3) is 6.08 Å². The van der Waals surface area contributed by atoms with Crippen molar-refractivity contribution < 1.29 is 19.1 Å². The summed E-state index contributed by atoms with van der Waals surface area (Å²) in [4.78, 5) is 38.7. The van der Waals surface area contributed by atoms with Crippen molar-refractivity contribution >= 4 is 57.1 Å². The van der Waals surface area contributed by atoms with Crippen LogP contribution in [0, 0.1) is 0 Å². The topological polar surface area (TPSA) is 75.7 Å². The van der Waals surface area contributed by atoms with E-state index in [0.29, 0.717) is 28.4 Å². The number of benzene rings is 3. The Morgan fingerprint density at radius 1 is 1.03 bits per heavy atom. The first-order valence-corrected chi connectivity index (χ1v) is 11.1. The van der Waals surface area contributed by atoms with Crippen LogP contribution in [-0.2, 0) is 16.0 Å². The zero-order valence-electron chi connectivity index (χ0n) is 17.5. The van der Waals surface area contributed by atoms with E-state index in [1.165, 1.54) is 13.2 Å². The third-order valence-electron chi connectivity index (χ3n) is 5.15. The number of hydrogen-bond acceptors (Lipinski definition) is 4. The Balaban J connectivity index is 1.71. The summed E-state index contributed by atoms with van der Waals surface area (Å²) in [6.07, 6.45) is 1.92. The van der Waals surface area contributed by atoms with Crippen LogP contribution in [0.2, 0.25) is 5.02 Å². The number of rotatable bonds is 5. The fraction of sp³-hybridized carbons (Fsp3) is 0.0800. The highest BCUT2D eigenvalue weighted by molar-refractivity contribution is 9.10. The van der Waals surface area contributed by atoms with E-state index >= 15 is 0 Å². The van der Waals surface area contributed by atoms with E-state index in [-0.39, 0.29) is 5.57 Å². The van der Waals surface area contributed by atoms with Crippen LogP contribution in [-0.4, -0.2) is 25.0 Å². The molecule has 4 rings (SSSR count). The van der Waals surface area contributed by atoms with E-state index in [9.17, 15) is 14.4 Å². The first kappa shape index (κ1) is 22.8. The van der Waals surface area contributed by atoms with E-state index in [4.69, 9.17) is 16.3 Å². The quantitative estimate of drug-likeness (QED) is 0.359. The SMILES string of the molecule is COc1cc(/C=C2\C(=O)NC(=O)N(c3ccccc3)C2=O)cc(Cl)c1Cc1ccccc1Br. The summed E-state index contributed by atoms with van der Waals surface area (Å²) >= 11 is 10.1. The fourth-order valence-electron chi connectivity index (χ4n) is 3.54. The van der Waals surface area contributed by atoms with Crippen molar-refractivity contribution in [2.75, 3.05) is 12.0 Å². The first-order valence-electron chi connectivity index (χ1n) is 9.95. The molecule has 1 fully saturated rings. The number of carbonyl (C=O) groups excluding carboxylic acids is 3. The number of imide groups is 2. The molecule has 1 aliphatic heterocycles. The van der Waals surface area contributed by atoms with Gasteiger partial charge in [0.1, 0.15) is 11.3 Å². The predicted octanol–water partition coefficient (Wildman–Crippen LogP) is 5.37. The highest BCUT2D eigenvalue weighted by atomic mass is 79.9. The molecular formula is C25H18BrClN2O4. The van der Waals surface area contributed by atoms with Gasteiger partial charge in [0.15, 0.2) is 0 Å². The Bertz CT molecular complexity index is 1290. The van der Waals surface area contributed by atoms with Crippen molar-refractivity contribution in [2.24, 2.45) is 0 Å². The lowest BCUT2D eigenvalue weighted by Crippen LogP contribution is -2.54. The summed E-state index contributed by atoms with van der Waals surface area (Å²) in [5, 5.41) is 2.64. The molecule has 0 radical (unpaired) electrons. The lowest BCUT2D eigenvalue weighted by molar-refractivity contribution is -0.122. The zero-order chi connectivity index (χ0) is 23.5. The van der Waals surface area contributed by atoms with Gasteiger partial charge in [0.2, 0.25) is 0 Å². The van der Waals surface area contributed by atoms with Crippen LogP contribution < -0.4 is 15.0 Å². The molecule has 0 unspecified atom stereocenters. The van der Waals surface area contributed by atoms with Gasteiger partial charge in [0.25, 0.3) is 11.8 Å². The fourth-order valence-corrected chi connectivity index (χ4v) is 4.25. The Morgan fingerprint density at radius 2 is 1.73 bits per heavy atom. The van der Waals surface area contributed by atoms with Gasteiger partial charge >= 0.3 is 6.03 Å². The number of nitrogens with one attached hydrogen (secondary N) is 1. The van der Waals surface area contributed by atoms with Gasteiger partial charge in [-0.25, -0.2) is 9.69 Å². The number of ether oxygens (including phenoxy) is 1. The van der Waals surface area contributed by atoms with E-state index in [0.717, 1.165) is 20.5 Å². The molecule has 0 saturated carbocycles. The minimum Gasteiger partial charge on any atom is -0.496 e. The first-order chi connectivity index (χ1) is 15.9. The van der Waals surface area contributed by atoms with Crippen molar-refractivity contribution in [3.63, 3.8) is 0 Å². The van der Waals surface area contributed by atoms with Crippen LogP contribution >= 0.6 is 27.5 Å². The van der Waals surface area contributed by atoms with Crippen molar-refractivity contribution in [3.8, 4) is 5.75 Å². The molecule has 4 amide bonds. The van der Waals surface area contributed by atoms with Crippen LogP contribution in [0.5, 0.6) is 5.75 Å². The third kappa shape index (κ3) is 4.69. The molecule has 8 heteroatoms. The van der Waals surface area contributed by atoms with Gasteiger partial charge in [-0.3, -0.25) is 14.9 Å². The number of carbonyl (C=O) groups is 3. The Kier molecular flexibility index (Phi) is 6.62. The smallest absolute Gasteiger partial charge is 0.335 e. The Morgan fingerprint density at radius 3 is 2.42 bits per heavy atom. The van der Waals surface area contributed by atoms with Crippen molar-refractivity contribution in [1.82, 2.24) is 5.32 Å². The summed E-state index contributed by atoms with van der Waals surface area (Å²) in [7, 11) is 1.53. The molecule has 0 aliphatic carbocycles. The van der Waals surface area contributed by atoms with E-state index < -0.39 is 17.8 Å². The summed E-state index contributed by atoms with van der Waals surface area (Å²) in [5.74, 6) is -0.975. The summed E-state index contributed by atoms with van der Waals surface area (Å²) < 4.78 is 6.50. The third-order valence-corrected chi connectivity index (χ3v) is 6.26. The van der Waals surface area contributed by atoms with Gasteiger partial charge in [0, 0.05) is 21.5 Å². The Labute approximate surface area is 203 Å². The monoisotopic (exact) mass is 524 g/mol. The number of urea groups is 1. The maximum Gasteiger partial charge on any atom is 0.335 e. The largest absolute Gasteiger partial charge is 0.496 e. The molecule has 1 heterocycles. The second kappa shape index (κ2) is 9.60. The second-order valence-electron chi connectivity index (χ2n) is 7.25. The summed E-state index contributed by atoms with van der Waals surface area (Å²) in [6.45, 7) is 0. The molecule has 0 atom stereocenters. The van der Waals surface area contributed by atoms with Gasteiger partial charge in [-0.15, -0.1) is 0 Å². The molecule has 3 aromatic rings. The number of amides is 4. The van der Waals surface area contributed by atoms with Crippen LogP contribution in [0.4, 0.5) is 10.5 Å². The molecule has 3 aromatic carbocycles. The minimum absolute atomic E-state index is 0.185. The molecular weight excluding hydrogens is 508 g/mol. The number of halogens is 2. The normalized spacial score (nSPS) is 15.1. The molecule has 166 valence electrons. The lowest BCUT2D eigenvalue weighted by atomic mass is 10.0. The van der Waals surface area contributed by atoms with Gasteiger partial charge in [0.05, 0.1) is 12.8 Å². The van der Waals surface area contributed by atoms with Crippen LogP contribution in [0.3, 0.4) is 0 Å².